The zero-order valence-electron chi connectivity index (χ0n) is 13.1. The molecule has 2 unspecified atom stereocenters. The fraction of sp³-hybridized carbons (Fsp3) is 0.562. The summed E-state index contributed by atoms with van der Waals surface area (Å²) in [5, 5.41) is 2.92. The van der Waals surface area contributed by atoms with Gasteiger partial charge in [-0.25, -0.2) is 0 Å². The van der Waals surface area contributed by atoms with Crippen molar-refractivity contribution in [1.29, 1.82) is 0 Å². The molecule has 1 aromatic rings. The van der Waals surface area contributed by atoms with Crippen LogP contribution in [-0.2, 0) is 11.2 Å². The molecule has 1 amide bonds. The van der Waals surface area contributed by atoms with Crippen LogP contribution in [0.4, 0.5) is 0 Å². The summed E-state index contributed by atoms with van der Waals surface area (Å²) < 4.78 is 5.13. The molecule has 120 valence electrons. The highest BCUT2D eigenvalue weighted by Crippen LogP contribution is 2.14. The summed E-state index contributed by atoms with van der Waals surface area (Å²) in [6.07, 6.45) is 2.59. The van der Waals surface area contributed by atoms with E-state index in [4.69, 9.17) is 10.5 Å². The molecule has 0 heterocycles. The Hall–Kier alpha value is -1.26. The van der Waals surface area contributed by atoms with Crippen LogP contribution in [-0.4, -0.2) is 25.6 Å². The fourth-order valence-electron chi connectivity index (χ4n) is 2.08. The number of halogens is 1. The van der Waals surface area contributed by atoms with Crippen molar-refractivity contribution in [3.8, 4) is 5.75 Å². The third-order valence-electron chi connectivity index (χ3n) is 3.30. The van der Waals surface area contributed by atoms with E-state index in [9.17, 15) is 4.79 Å². The summed E-state index contributed by atoms with van der Waals surface area (Å²) in [6, 6.07) is 7.64. The first-order valence-corrected chi connectivity index (χ1v) is 7.23. The van der Waals surface area contributed by atoms with E-state index in [2.05, 4.69) is 24.4 Å². The van der Waals surface area contributed by atoms with Crippen molar-refractivity contribution < 1.29 is 9.53 Å². The molecule has 0 fully saturated rings. The zero-order chi connectivity index (χ0) is 15.0. The molecule has 0 bridgehead atoms. The van der Waals surface area contributed by atoms with Crippen LogP contribution in [0.3, 0.4) is 0 Å². The van der Waals surface area contributed by atoms with Crippen LogP contribution >= 0.6 is 12.4 Å². The number of methoxy groups -OCH3 is 1. The topological polar surface area (TPSA) is 64.4 Å². The van der Waals surface area contributed by atoms with Gasteiger partial charge in [0.1, 0.15) is 5.75 Å². The SMILES string of the molecule is CCCC(N)C(=O)NCC(C)Cc1ccc(OC)cc1.Cl. The molecular formula is C16H27ClN2O2. The van der Waals surface area contributed by atoms with Crippen molar-refractivity contribution in [3.63, 3.8) is 0 Å². The highest BCUT2D eigenvalue weighted by Gasteiger charge is 2.13. The Balaban J connectivity index is 0.00000400. The lowest BCUT2D eigenvalue weighted by Gasteiger charge is -2.15. The van der Waals surface area contributed by atoms with Crippen molar-refractivity contribution in [2.75, 3.05) is 13.7 Å². The number of rotatable bonds is 8. The first kappa shape index (κ1) is 19.7. The zero-order valence-corrected chi connectivity index (χ0v) is 13.9. The number of amides is 1. The Bertz CT molecular complexity index is 409. The Morgan fingerprint density at radius 1 is 1.33 bits per heavy atom. The highest BCUT2D eigenvalue weighted by molar-refractivity contribution is 5.85. The number of carbonyl (C=O) groups excluding carboxylic acids is 1. The second-order valence-electron chi connectivity index (χ2n) is 5.30. The van der Waals surface area contributed by atoms with E-state index < -0.39 is 0 Å². The first-order chi connectivity index (χ1) is 9.56. The number of carbonyl (C=O) groups is 1. The number of nitrogens with one attached hydrogen (secondary N) is 1. The monoisotopic (exact) mass is 314 g/mol. The second kappa shape index (κ2) is 10.5. The molecule has 0 aliphatic rings. The van der Waals surface area contributed by atoms with E-state index in [1.807, 2.05) is 19.1 Å². The largest absolute Gasteiger partial charge is 0.497 e. The van der Waals surface area contributed by atoms with Crippen molar-refractivity contribution in [1.82, 2.24) is 5.32 Å². The van der Waals surface area contributed by atoms with Crippen molar-refractivity contribution >= 4 is 18.3 Å². The summed E-state index contributed by atoms with van der Waals surface area (Å²) >= 11 is 0. The Kier molecular flexibility index (Phi) is 9.84. The van der Waals surface area contributed by atoms with Gasteiger partial charge in [0.25, 0.3) is 0 Å². The predicted octanol–water partition coefficient (Wildman–Crippen LogP) is 2.54. The van der Waals surface area contributed by atoms with E-state index in [-0.39, 0.29) is 24.4 Å². The first-order valence-electron chi connectivity index (χ1n) is 7.23. The molecule has 0 radical (unpaired) electrons. The smallest absolute Gasteiger partial charge is 0.236 e. The molecule has 1 aromatic carbocycles. The summed E-state index contributed by atoms with van der Waals surface area (Å²) in [5.41, 5.74) is 7.01. The van der Waals surface area contributed by atoms with Gasteiger partial charge >= 0.3 is 0 Å². The highest BCUT2D eigenvalue weighted by atomic mass is 35.5. The molecular weight excluding hydrogens is 288 g/mol. The van der Waals surface area contributed by atoms with Crippen LogP contribution in [0.1, 0.15) is 32.3 Å². The molecule has 0 aromatic heterocycles. The molecule has 0 spiro atoms. The molecule has 0 saturated heterocycles. The van der Waals surface area contributed by atoms with Gasteiger partial charge in [0.05, 0.1) is 13.2 Å². The third-order valence-corrected chi connectivity index (χ3v) is 3.30. The second-order valence-corrected chi connectivity index (χ2v) is 5.30. The van der Waals surface area contributed by atoms with E-state index in [0.29, 0.717) is 12.5 Å². The number of hydrogen-bond acceptors (Lipinski definition) is 3. The van der Waals surface area contributed by atoms with Crippen LogP contribution in [0, 0.1) is 5.92 Å². The normalized spacial score (nSPS) is 13.0. The Morgan fingerprint density at radius 3 is 2.48 bits per heavy atom. The maximum Gasteiger partial charge on any atom is 0.236 e. The maximum absolute atomic E-state index is 11.7. The van der Waals surface area contributed by atoms with Gasteiger partial charge in [-0.2, -0.15) is 0 Å². The standard InChI is InChI=1S/C16H26N2O2.ClH/c1-4-5-15(17)16(19)18-11-12(2)10-13-6-8-14(20-3)9-7-13;/h6-9,12,15H,4-5,10-11,17H2,1-3H3,(H,18,19);1H. The Labute approximate surface area is 133 Å². The number of ether oxygens (including phenoxy) is 1. The third kappa shape index (κ3) is 7.34. The Morgan fingerprint density at radius 2 is 1.95 bits per heavy atom. The molecule has 2 atom stereocenters. The number of nitrogens with two attached hydrogens (primary N) is 1. The van der Waals surface area contributed by atoms with Crippen LogP contribution in [0.15, 0.2) is 24.3 Å². The minimum atomic E-state index is -0.381. The summed E-state index contributed by atoms with van der Waals surface area (Å²) in [7, 11) is 1.66. The quantitative estimate of drug-likeness (QED) is 0.775. The molecule has 21 heavy (non-hydrogen) atoms. The van der Waals surface area contributed by atoms with E-state index >= 15 is 0 Å². The lowest BCUT2D eigenvalue weighted by Crippen LogP contribution is -2.42. The minimum absolute atomic E-state index is 0. The van der Waals surface area contributed by atoms with Gasteiger partial charge in [-0.3, -0.25) is 4.79 Å². The molecule has 4 nitrogen and oxygen atoms in total. The van der Waals surface area contributed by atoms with Crippen molar-refractivity contribution in [3.05, 3.63) is 29.8 Å². The summed E-state index contributed by atoms with van der Waals surface area (Å²) in [6.45, 7) is 4.80. The van der Waals surface area contributed by atoms with Crippen LogP contribution in [0.2, 0.25) is 0 Å². The van der Waals surface area contributed by atoms with Gasteiger partial charge in [-0.15, -0.1) is 12.4 Å². The average molecular weight is 315 g/mol. The van der Waals surface area contributed by atoms with Gasteiger partial charge in [-0.05, 0) is 36.5 Å². The van der Waals surface area contributed by atoms with Gasteiger partial charge in [0.2, 0.25) is 5.91 Å². The summed E-state index contributed by atoms with van der Waals surface area (Å²) in [4.78, 5) is 11.7. The average Bonchev–Trinajstić information content (AvgIpc) is 2.45. The molecule has 0 aliphatic heterocycles. The van der Waals surface area contributed by atoms with E-state index in [1.54, 1.807) is 7.11 Å². The van der Waals surface area contributed by atoms with Crippen LogP contribution in [0.5, 0.6) is 5.75 Å². The van der Waals surface area contributed by atoms with Crippen LogP contribution in [0.25, 0.3) is 0 Å². The fourth-order valence-corrected chi connectivity index (χ4v) is 2.08. The van der Waals surface area contributed by atoms with Crippen molar-refractivity contribution in [2.45, 2.75) is 39.2 Å². The molecule has 0 saturated carbocycles. The maximum atomic E-state index is 11.7. The van der Waals surface area contributed by atoms with E-state index in [1.165, 1.54) is 5.56 Å². The van der Waals surface area contributed by atoms with Crippen molar-refractivity contribution in [2.24, 2.45) is 11.7 Å². The predicted molar refractivity (Wildman–Crippen MR) is 89.0 cm³/mol. The van der Waals surface area contributed by atoms with Crippen LogP contribution < -0.4 is 15.8 Å². The number of hydrogen-bond donors (Lipinski definition) is 2. The van der Waals surface area contributed by atoms with Gasteiger partial charge in [0.15, 0.2) is 0 Å². The lowest BCUT2D eigenvalue weighted by molar-refractivity contribution is -0.122. The molecule has 5 heteroatoms. The number of benzene rings is 1. The molecule has 0 aliphatic carbocycles. The van der Waals surface area contributed by atoms with Gasteiger partial charge < -0.3 is 15.8 Å². The molecule has 1 rings (SSSR count). The summed E-state index contributed by atoms with van der Waals surface area (Å²) in [5.74, 6) is 1.19. The molecule has 3 N–H and O–H groups in total. The lowest BCUT2D eigenvalue weighted by atomic mass is 10.0. The van der Waals surface area contributed by atoms with E-state index in [0.717, 1.165) is 25.0 Å². The van der Waals surface area contributed by atoms with Gasteiger partial charge in [-0.1, -0.05) is 32.4 Å². The van der Waals surface area contributed by atoms with Gasteiger partial charge in [0, 0.05) is 6.54 Å². The minimum Gasteiger partial charge on any atom is -0.497 e.